The second-order valence-electron chi connectivity index (χ2n) is 5.34. The van der Waals surface area contributed by atoms with Crippen LogP contribution in [0.4, 0.5) is 4.79 Å². The number of carboxylic acids is 1. The highest BCUT2D eigenvalue weighted by Crippen LogP contribution is 2.10. The molecule has 0 aliphatic carbocycles. The van der Waals surface area contributed by atoms with Crippen molar-refractivity contribution < 1.29 is 14.7 Å². The van der Waals surface area contributed by atoms with Crippen LogP contribution in [0.15, 0.2) is 24.3 Å². The predicted octanol–water partition coefficient (Wildman–Crippen LogP) is 2.55. The first-order valence-electron chi connectivity index (χ1n) is 7.27. The molecule has 0 saturated heterocycles. The van der Waals surface area contributed by atoms with E-state index in [-0.39, 0.29) is 18.5 Å². The van der Waals surface area contributed by atoms with E-state index in [9.17, 15) is 9.59 Å². The highest BCUT2D eigenvalue weighted by Gasteiger charge is 2.13. The van der Waals surface area contributed by atoms with E-state index in [1.54, 1.807) is 12.1 Å². The molecule has 0 radical (unpaired) electrons. The maximum absolute atomic E-state index is 11.8. The van der Waals surface area contributed by atoms with Gasteiger partial charge in [-0.1, -0.05) is 44.5 Å². The molecule has 5 nitrogen and oxygen atoms in total. The van der Waals surface area contributed by atoms with E-state index in [4.69, 9.17) is 5.11 Å². The van der Waals surface area contributed by atoms with Gasteiger partial charge in [0.15, 0.2) is 0 Å². The normalized spacial score (nSPS) is 13.3. The van der Waals surface area contributed by atoms with E-state index in [0.717, 1.165) is 17.5 Å². The topological polar surface area (TPSA) is 78.4 Å². The smallest absolute Gasteiger partial charge is 0.315 e. The standard InChI is InChI=1S/C16H24N2O3/c1-4-11(2)12(3)18-16(21)17-10-14-8-6-5-7-13(14)9-15(19)20/h5-8,11-12H,4,9-10H2,1-3H3,(H,19,20)(H2,17,18,21). The van der Waals surface area contributed by atoms with Crippen LogP contribution < -0.4 is 10.6 Å². The molecule has 116 valence electrons. The first-order chi connectivity index (χ1) is 9.93. The highest BCUT2D eigenvalue weighted by molar-refractivity contribution is 5.74. The van der Waals surface area contributed by atoms with Crippen molar-refractivity contribution in [2.45, 2.75) is 46.2 Å². The number of urea groups is 1. The van der Waals surface area contributed by atoms with E-state index < -0.39 is 5.97 Å². The zero-order valence-electron chi connectivity index (χ0n) is 12.8. The van der Waals surface area contributed by atoms with Gasteiger partial charge in [0.2, 0.25) is 0 Å². The van der Waals surface area contributed by atoms with Gasteiger partial charge in [-0.05, 0) is 24.0 Å². The van der Waals surface area contributed by atoms with E-state index in [2.05, 4.69) is 24.5 Å². The number of hydrogen-bond donors (Lipinski definition) is 3. The molecule has 1 rings (SSSR count). The predicted molar refractivity (Wildman–Crippen MR) is 82.1 cm³/mol. The van der Waals surface area contributed by atoms with Crippen LogP contribution in [-0.2, 0) is 17.8 Å². The van der Waals surface area contributed by atoms with Gasteiger partial charge in [-0.25, -0.2) is 4.79 Å². The lowest BCUT2D eigenvalue weighted by molar-refractivity contribution is -0.136. The summed E-state index contributed by atoms with van der Waals surface area (Å²) in [6, 6.07) is 7.10. The fourth-order valence-corrected chi connectivity index (χ4v) is 1.99. The summed E-state index contributed by atoms with van der Waals surface area (Å²) in [5.74, 6) is -0.465. The average Bonchev–Trinajstić information content (AvgIpc) is 2.44. The van der Waals surface area contributed by atoms with Crippen LogP contribution >= 0.6 is 0 Å². The number of benzene rings is 1. The third-order valence-corrected chi connectivity index (χ3v) is 3.76. The van der Waals surface area contributed by atoms with Gasteiger partial charge in [-0.3, -0.25) is 4.79 Å². The molecule has 0 aliphatic rings. The van der Waals surface area contributed by atoms with Crippen molar-refractivity contribution in [3.05, 3.63) is 35.4 Å². The maximum Gasteiger partial charge on any atom is 0.315 e. The Morgan fingerprint density at radius 1 is 1.19 bits per heavy atom. The Balaban J connectivity index is 2.55. The molecule has 21 heavy (non-hydrogen) atoms. The van der Waals surface area contributed by atoms with Crippen LogP contribution in [0.25, 0.3) is 0 Å². The molecule has 0 bridgehead atoms. The van der Waals surface area contributed by atoms with Gasteiger partial charge in [0.1, 0.15) is 0 Å². The zero-order valence-corrected chi connectivity index (χ0v) is 12.8. The minimum absolute atomic E-state index is 0.0389. The largest absolute Gasteiger partial charge is 0.481 e. The average molecular weight is 292 g/mol. The lowest BCUT2D eigenvalue weighted by Gasteiger charge is -2.20. The van der Waals surface area contributed by atoms with Gasteiger partial charge < -0.3 is 15.7 Å². The molecule has 1 aromatic carbocycles. The van der Waals surface area contributed by atoms with Gasteiger partial charge in [0.05, 0.1) is 6.42 Å². The van der Waals surface area contributed by atoms with Gasteiger partial charge in [-0.2, -0.15) is 0 Å². The minimum atomic E-state index is -0.878. The summed E-state index contributed by atoms with van der Waals surface area (Å²) in [5.41, 5.74) is 1.55. The number of hydrogen-bond acceptors (Lipinski definition) is 2. The van der Waals surface area contributed by atoms with Crippen molar-refractivity contribution in [3.8, 4) is 0 Å². The third kappa shape index (κ3) is 5.85. The fourth-order valence-electron chi connectivity index (χ4n) is 1.99. The summed E-state index contributed by atoms with van der Waals surface area (Å²) in [5, 5.41) is 14.6. The van der Waals surface area contributed by atoms with Crippen molar-refractivity contribution in [1.82, 2.24) is 10.6 Å². The van der Waals surface area contributed by atoms with Crippen LogP contribution in [-0.4, -0.2) is 23.1 Å². The van der Waals surface area contributed by atoms with Crippen LogP contribution in [0, 0.1) is 5.92 Å². The highest BCUT2D eigenvalue weighted by atomic mass is 16.4. The molecule has 2 atom stereocenters. The number of amides is 2. The van der Waals surface area contributed by atoms with Crippen molar-refractivity contribution >= 4 is 12.0 Å². The SMILES string of the molecule is CCC(C)C(C)NC(=O)NCc1ccccc1CC(=O)O. The number of carbonyl (C=O) groups excluding carboxylic acids is 1. The molecule has 2 amide bonds. The van der Waals surface area contributed by atoms with E-state index in [1.807, 2.05) is 19.1 Å². The Kier molecular flexibility index (Phi) is 6.72. The maximum atomic E-state index is 11.8. The summed E-state index contributed by atoms with van der Waals surface area (Å²) in [4.78, 5) is 22.7. The molecule has 2 unspecified atom stereocenters. The van der Waals surface area contributed by atoms with E-state index >= 15 is 0 Å². The third-order valence-electron chi connectivity index (χ3n) is 3.76. The van der Waals surface area contributed by atoms with E-state index in [0.29, 0.717) is 12.5 Å². The Morgan fingerprint density at radius 3 is 2.38 bits per heavy atom. The van der Waals surface area contributed by atoms with Gasteiger partial charge in [-0.15, -0.1) is 0 Å². The molecule has 1 aromatic rings. The number of carboxylic acid groups (broad SMARTS) is 1. The molecule has 0 spiro atoms. The molecule has 0 aromatic heterocycles. The van der Waals surface area contributed by atoms with Crippen molar-refractivity contribution in [1.29, 1.82) is 0 Å². The van der Waals surface area contributed by atoms with Crippen LogP contribution in [0.3, 0.4) is 0 Å². The Bertz CT molecular complexity index is 488. The van der Waals surface area contributed by atoms with Crippen LogP contribution in [0.5, 0.6) is 0 Å². The Labute approximate surface area is 125 Å². The lowest BCUT2D eigenvalue weighted by Crippen LogP contribution is -2.43. The summed E-state index contributed by atoms with van der Waals surface area (Å²) < 4.78 is 0. The number of carbonyl (C=O) groups is 2. The molecular formula is C16H24N2O3. The molecule has 5 heteroatoms. The Hall–Kier alpha value is -2.04. The van der Waals surface area contributed by atoms with Gasteiger partial charge in [0, 0.05) is 12.6 Å². The second kappa shape index (κ2) is 8.29. The molecule has 0 heterocycles. The molecule has 0 fully saturated rings. The second-order valence-corrected chi connectivity index (χ2v) is 5.34. The van der Waals surface area contributed by atoms with Crippen LogP contribution in [0.2, 0.25) is 0 Å². The van der Waals surface area contributed by atoms with Crippen LogP contribution in [0.1, 0.15) is 38.3 Å². The monoisotopic (exact) mass is 292 g/mol. The summed E-state index contributed by atoms with van der Waals surface area (Å²) in [6.45, 7) is 6.48. The number of rotatable bonds is 7. The van der Waals surface area contributed by atoms with Gasteiger partial charge in [0.25, 0.3) is 0 Å². The quantitative estimate of drug-likeness (QED) is 0.722. The molecule has 0 aliphatic heterocycles. The van der Waals surface area contributed by atoms with Crippen molar-refractivity contribution in [2.75, 3.05) is 0 Å². The summed E-state index contributed by atoms with van der Waals surface area (Å²) in [6.07, 6.45) is 0.964. The molecule has 0 saturated carbocycles. The number of nitrogens with one attached hydrogen (secondary N) is 2. The first kappa shape index (κ1) is 17.0. The molecule has 3 N–H and O–H groups in total. The summed E-state index contributed by atoms with van der Waals surface area (Å²) in [7, 11) is 0. The Morgan fingerprint density at radius 2 is 1.81 bits per heavy atom. The zero-order chi connectivity index (χ0) is 15.8. The first-order valence-corrected chi connectivity index (χ1v) is 7.27. The lowest BCUT2D eigenvalue weighted by atomic mass is 10.0. The molecular weight excluding hydrogens is 268 g/mol. The van der Waals surface area contributed by atoms with Crippen molar-refractivity contribution in [3.63, 3.8) is 0 Å². The summed E-state index contributed by atoms with van der Waals surface area (Å²) >= 11 is 0. The fraction of sp³-hybridized carbons (Fsp3) is 0.500. The van der Waals surface area contributed by atoms with Gasteiger partial charge >= 0.3 is 12.0 Å². The van der Waals surface area contributed by atoms with E-state index in [1.165, 1.54) is 0 Å². The minimum Gasteiger partial charge on any atom is -0.481 e. The number of aliphatic carboxylic acids is 1. The van der Waals surface area contributed by atoms with Crippen molar-refractivity contribution in [2.24, 2.45) is 5.92 Å².